The van der Waals surface area contributed by atoms with Crippen LogP contribution in [-0.2, 0) is 0 Å². The molecule has 1 heteroatoms. The summed E-state index contributed by atoms with van der Waals surface area (Å²) in [6.07, 6.45) is 9.90. The molecule has 17 heavy (non-hydrogen) atoms. The van der Waals surface area contributed by atoms with Crippen LogP contribution in [0.1, 0.15) is 16.8 Å². The van der Waals surface area contributed by atoms with E-state index in [1.165, 1.54) is 11.1 Å². The van der Waals surface area contributed by atoms with E-state index in [-0.39, 0.29) is 0 Å². The van der Waals surface area contributed by atoms with Crippen LogP contribution in [0.2, 0.25) is 0 Å². The summed E-state index contributed by atoms with van der Waals surface area (Å²) >= 11 is 0. The molecule has 0 spiro atoms. The summed E-state index contributed by atoms with van der Waals surface area (Å²) < 4.78 is 0. The van der Waals surface area contributed by atoms with Crippen molar-refractivity contribution < 1.29 is 0 Å². The average Bonchev–Trinajstić information content (AvgIpc) is 2.38. The molecule has 0 radical (unpaired) electrons. The van der Waals surface area contributed by atoms with Crippen molar-refractivity contribution >= 4 is 12.2 Å². The topological polar surface area (TPSA) is 12.9 Å². The van der Waals surface area contributed by atoms with E-state index >= 15 is 0 Å². The van der Waals surface area contributed by atoms with Gasteiger partial charge in [-0.3, -0.25) is 4.98 Å². The van der Waals surface area contributed by atoms with Gasteiger partial charge in [-0.2, -0.15) is 0 Å². The van der Waals surface area contributed by atoms with Gasteiger partial charge < -0.3 is 0 Å². The van der Waals surface area contributed by atoms with Crippen molar-refractivity contribution in [3.8, 4) is 0 Å². The van der Waals surface area contributed by atoms with Crippen molar-refractivity contribution in [2.24, 2.45) is 0 Å². The first-order chi connectivity index (χ1) is 8.34. The summed E-state index contributed by atoms with van der Waals surface area (Å²) in [4.78, 5) is 4.21. The smallest absolute Gasteiger partial charge is 0.0629 e. The summed E-state index contributed by atoms with van der Waals surface area (Å²) in [5, 5.41) is 0. The van der Waals surface area contributed by atoms with Crippen LogP contribution in [0.15, 0.2) is 60.8 Å². The summed E-state index contributed by atoms with van der Waals surface area (Å²) in [6.45, 7) is 2.09. The summed E-state index contributed by atoms with van der Waals surface area (Å²) in [6, 6.07) is 14.3. The quantitative estimate of drug-likeness (QED) is 0.710. The van der Waals surface area contributed by atoms with Crippen LogP contribution in [0.5, 0.6) is 0 Å². The predicted octanol–water partition coefficient (Wildman–Crippen LogP) is 4.12. The van der Waals surface area contributed by atoms with Crippen LogP contribution in [0.3, 0.4) is 0 Å². The van der Waals surface area contributed by atoms with E-state index in [0.29, 0.717) is 0 Å². The third-order valence-corrected chi connectivity index (χ3v) is 2.43. The van der Waals surface area contributed by atoms with Crippen LogP contribution in [0.4, 0.5) is 0 Å². The number of allylic oxidation sites excluding steroid dienone is 2. The van der Waals surface area contributed by atoms with Gasteiger partial charge in [-0.25, -0.2) is 0 Å². The van der Waals surface area contributed by atoms with E-state index in [4.69, 9.17) is 0 Å². The number of pyridine rings is 1. The molecule has 0 saturated heterocycles. The second-order valence-electron chi connectivity index (χ2n) is 3.88. The van der Waals surface area contributed by atoms with Crippen LogP contribution in [-0.4, -0.2) is 4.98 Å². The van der Waals surface area contributed by atoms with Gasteiger partial charge in [-0.15, -0.1) is 0 Å². The van der Waals surface area contributed by atoms with E-state index < -0.39 is 0 Å². The molecule has 1 heterocycles. The molecule has 0 amide bonds. The van der Waals surface area contributed by atoms with Gasteiger partial charge in [0.05, 0.1) is 5.69 Å². The minimum atomic E-state index is 0.973. The largest absolute Gasteiger partial charge is 0.257 e. The Kier molecular flexibility index (Phi) is 3.87. The average molecular weight is 221 g/mol. The minimum absolute atomic E-state index is 0.973. The first kappa shape index (κ1) is 11.3. The van der Waals surface area contributed by atoms with Gasteiger partial charge in [0.2, 0.25) is 0 Å². The van der Waals surface area contributed by atoms with Crippen LogP contribution >= 0.6 is 0 Å². The Morgan fingerprint density at radius 3 is 2.35 bits per heavy atom. The number of aryl methyl sites for hydroxylation is 1. The monoisotopic (exact) mass is 221 g/mol. The molecule has 0 N–H and O–H groups in total. The number of aromatic nitrogens is 1. The lowest BCUT2D eigenvalue weighted by Gasteiger charge is -1.93. The molecular weight excluding hydrogens is 206 g/mol. The van der Waals surface area contributed by atoms with Crippen molar-refractivity contribution in [1.82, 2.24) is 4.98 Å². The molecule has 0 saturated carbocycles. The Balaban J connectivity index is 1.98. The lowest BCUT2D eigenvalue weighted by atomic mass is 10.1. The fourth-order valence-electron chi connectivity index (χ4n) is 1.47. The van der Waals surface area contributed by atoms with E-state index in [9.17, 15) is 0 Å². The molecule has 0 aliphatic rings. The third-order valence-electron chi connectivity index (χ3n) is 2.43. The molecule has 0 aliphatic carbocycles. The number of hydrogen-bond donors (Lipinski definition) is 0. The summed E-state index contributed by atoms with van der Waals surface area (Å²) in [5.41, 5.74) is 3.47. The molecule has 2 aromatic rings. The van der Waals surface area contributed by atoms with E-state index in [2.05, 4.69) is 42.2 Å². The fraction of sp³-hybridized carbons (Fsp3) is 0.0625. The zero-order chi connectivity index (χ0) is 11.9. The Hall–Kier alpha value is -2.15. The Labute approximate surface area is 102 Å². The number of benzene rings is 1. The van der Waals surface area contributed by atoms with Gasteiger partial charge >= 0.3 is 0 Å². The molecule has 84 valence electrons. The van der Waals surface area contributed by atoms with Gasteiger partial charge in [0, 0.05) is 6.20 Å². The number of hydrogen-bond acceptors (Lipinski definition) is 1. The lowest BCUT2D eigenvalue weighted by Crippen LogP contribution is -1.75. The number of nitrogens with zero attached hydrogens (tertiary/aromatic N) is 1. The third kappa shape index (κ3) is 3.72. The maximum Gasteiger partial charge on any atom is 0.0629 e. The molecule has 0 unspecified atom stereocenters. The van der Waals surface area contributed by atoms with E-state index in [0.717, 1.165) is 5.69 Å². The first-order valence-electron chi connectivity index (χ1n) is 5.67. The maximum absolute atomic E-state index is 4.21. The molecule has 0 atom stereocenters. The molecule has 0 fully saturated rings. The minimum Gasteiger partial charge on any atom is -0.257 e. The Bertz CT molecular complexity index is 507. The molecule has 1 aromatic carbocycles. The van der Waals surface area contributed by atoms with Gasteiger partial charge in [0.15, 0.2) is 0 Å². The number of rotatable bonds is 3. The molecule has 1 nitrogen and oxygen atoms in total. The molecule has 2 rings (SSSR count). The molecule has 1 aromatic heterocycles. The van der Waals surface area contributed by atoms with Crippen LogP contribution in [0.25, 0.3) is 12.2 Å². The summed E-state index contributed by atoms with van der Waals surface area (Å²) in [5.74, 6) is 0. The van der Waals surface area contributed by atoms with E-state index in [1.54, 1.807) is 6.20 Å². The highest BCUT2D eigenvalue weighted by Crippen LogP contribution is 2.05. The van der Waals surface area contributed by atoms with Crippen molar-refractivity contribution in [3.63, 3.8) is 0 Å². The highest BCUT2D eigenvalue weighted by molar-refractivity contribution is 5.55. The van der Waals surface area contributed by atoms with Crippen molar-refractivity contribution in [2.75, 3.05) is 0 Å². The molecular formula is C16H15N. The standard InChI is InChI=1S/C16H15N/c1-14-9-11-15(12-10-14)6-2-3-7-16-8-4-5-13-17-16/h2-13H,1H3. The van der Waals surface area contributed by atoms with Crippen molar-refractivity contribution in [3.05, 3.63) is 77.6 Å². The Morgan fingerprint density at radius 2 is 1.65 bits per heavy atom. The second kappa shape index (κ2) is 5.80. The SMILES string of the molecule is Cc1ccc(C=CC=Cc2ccccn2)cc1. The zero-order valence-electron chi connectivity index (χ0n) is 9.88. The highest BCUT2D eigenvalue weighted by Gasteiger charge is 1.85. The van der Waals surface area contributed by atoms with Crippen LogP contribution < -0.4 is 0 Å². The predicted molar refractivity (Wildman–Crippen MR) is 73.5 cm³/mol. The van der Waals surface area contributed by atoms with Gasteiger partial charge in [-0.1, -0.05) is 54.1 Å². The van der Waals surface area contributed by atoms with Crippen LogP contribution in [0, 0.1) is 6.92 Å². The second-order valence-corrected chi connectivity index (χ2v) is 3.88. The molecule has 0 aliphatic heterocycles. The van der Waals surface area contributed by atoms with Gasteiger partial charge in [-0.05, 0) is 30.7 Å². The van der Waals surface area contributed by atoms with Gasteiger partial charge in [0.1, 0.15) is 0 Å². The highest BCUT2D eigenvalue weighted by atomic mass is 14.6. The van der Waals surface area contributed by atoms with Gasteiger partial charge in [0.25, 0.3) is 0 Å². The summed E-state index contributed by atoms with van der Waals surface area (Å²) in [7, 11) is 0. The molecule has 0 bridgehead atoms. The normalized spacial score (nSPS) is 11.4. The Morgan fingerprint density at radius 1 is 0.882 bits per heavy atom. The van der Waals surface area contributed by atoms with E-state index in [1.807, 2.05) is 36.4 Å². The van der Waals surface area contributed by atoms with Crippen molar-refractivity contribution in [1.29, 1.82) is 0 Å². The van der Waals surface area contributed by atoms with Crippen molar-refractivity contribution in [2.45, 2.75) is 6.92 Å². The first-order valence-corrected chi connectivity index (χ1v) is 5.67. The fourth-order valence-corrected chi connectivity index (χ4v) is 1.47. The maximum atomic E-state index is 4.21. The lowest BCUT2D eigenvalue weighted by molar-refractivity contribution is 1.30. The zero-order valence-corrected chi connectivity index (χ0v) is 9.88.